The highest BCUT2D eigenvalue weighted by molar-refractivity contribution is 7.99. The van der Waals surface area contributed by atoms with Gasteiger partial charge in [0.2, 0.25) is 5.89 Å². The molecule has 6 nitrogen and oxygen atoms in total. The Hall–Kier alpha value is -3.08. The van der Waals surface area contributed by atoms with E-state index >= 15 is 0 Å². The molecule has 0 atom stereocenters. The molecular formula is C21H18F4N4O2S. The zero-order valence-corrected chi connectivity index (χ0v) is 17.5. The molecule has 0 N–H and O–H groups in total. The summed E-state index contributed by atoms with van der Waals surface area (Å²) in [5.41, 5.74) is 0.269. The minimum Gasteiger partial charge on any atom is -0.415 e. The van der Waals surface area contributed by atoms with Gasteiger partial charge in [0.1, 0.15) is 11.6 Å². The highest BCUT2D eigenvalue weighted by Gasteiger charge is 2.27. The third-order valence-corrected chi connectivity index (χ3v) is 5.85. The van der Waals surface area contributed by atoms with Crippen LogP contribution in [-0.2, 0) is 6.54 Å². The van der Waals surface area contributed by atoms with E-state index in [4.69, 9.17) is 4.42 Å². The Balaban J connectivity index is 1.62. The second kappa shape index (κ2) is 9.60. The molecule has 2 amide bonds. The molecule has 0 saturated carbocycles. The van der Waals surface area contributed by atoms with E-state index in [1.54, 1.807) is 22.7 Å². The van der Waals surface area contributed by atoms with Crippen LogP contribution in [0.2, 0.25) is 0 Å². The summed E-state index contributed by atoms with van der Waals surface area (Å²) in [6, 6.07) is 9.23. The van der Waals surface area contributed by atoms with Crippen LogP contribution in [0.3, 0.4) is 0 Å². The van der Waals surface area contributed by atoms with Crippen molar-refractivity contribution in [1.82, 2.24) is 15.1 Å². The summed E-state index contributed by atoms with van der Waals surface area (Å²) in [7, 11) is 0. The van der Waals surface area contributed by atoms with E-state index in [1.807, 2.05) is 0 Å². The molecule has 4 rings (SSSR count). The summed E-state index contributed by atoms with van der Waals surface area (Å²) >= 11 is 1.72. The van der Waals surface area contributed by atoms with Crippen molar-refractivity contribution in [2.45, 2.75) is 13.0 Å². The molecule has 168 valence electrons. The van der Waals surface area contributed by atoms with Gasteiger partial charge in [-0.25, -0.2) is 13.6 Å². The zero-order valence-electron chi connectivity index (χ0n) is 16.7. The van der Waals surface area contributed by atoms with Crippen LogP contribution in [0.15, 0.2) is 46.9 Å². The highest BCUT2D eigenvalue weighted by atomic mass is 32.2. The first kappa shape index (κ1) is 22.1. The molecule has 0 aliphatic carbocycles. The van der Waals surface area contributed by atoms with Crippen LogP contribution in [0.1, 0.15) is 17.9 Å². The third kappa shape index (κ3) is 4.72. The highest BCUT2D eigenvalue weighted by Crippen LogP contribution is 2.28. The van der Waals surface area contributed by atoms with E-state index in [2.05, 4.69) is 10.2 Å². The Morgan fingerprint density at radius 3 is 2.50 bits per heavy atom. The van der Waals surface area contributed by atoms with E-state index in [1.165, 1.54) is 35.2 Å². The molecule has 0 unspecified atom stereocenters. The van der Waals surface area contributed by atoms with Crippen molar-refractivity contribution in [3.63, 3.8) is 0 Å². The van der Waals surface area contributed by atoms with Gasteiger partial charge in [-0.1, -0.05) is 18.2 Å². The number of anilines is 1. The van der Waals surface area contributed by atoms with Crippen LogP contribution in [0, 0.1) is 11.6 Å². The summed E-state index contributed by atoms with van der Waals surface area (Å²) in [5.74, 6) is -0.897. The topological polar surface area (TPSA) is 62.5 Å². The van der Waals surface area contributed by atoms with Gasteiger partial charge in [0.05, 0.1) is 12.2 Å². The number of thioether (sulfide) groups is 1. The number of hydrogen-bond donors (Lipinski definition) is 0. The molecule has 1 aromatic heterocycles. The van der Waals surface area contributed by atoms with E-state index in [0.717, 1.165) is 17.6 Å². The van der Waals surface area contributed by atoms with Gasteiger partial charge in [0.15, 0.2) is 0 Å². The molecule has 11 heteroatoms. The molecule has 0 radical (unpaired) electrons. The average Bonchev–Trinajstić information content (AvgIpc) is 3.30. The Bertz CT molecular complexity index is 1100. The van der Waals surface area contributed by atoms with Gasteiger partial charge in [-0.05, 0) is 24.3 Å². The van der Waals surface area contributed by atoms with Crippen molar-refractivity contribution in [3.05, 3.63) is 65.6 Å². The first-order chi connectivity index (χ1) is 15.4. The predicted molar refractivity (Wildman–Crippen MR) is 112 cm³/mol. The summed E-state index contributed by atoms with van der Waals surface area (Å²) in [6.07, 6.45) is -2.94. The van der Waals surface area contributed by atoms with Gasteiger partial charge in [-0.2, -0.15) is 20.5 Å². The number of benzene rings is 2. The molecule has 32 heavy (non-hydrogen) atoms. The maximum Gasteiger partial charge on any atom is 0.324 e. The predicted octanol–water partition coefficient (Wildman–Crippen LogP) is 5.13. The Labute approximate surface area is 185 Å². The van der Waals surface area contributed by atoms with Gasteiger partial charge in [-0.15, -0.1) is 10.2 Å². The fourth-order valence-electron chi connectivity index (χ4n) is 3.27. The smallest absolute Gasteiger partial charge is 0.324 e. The number of carbonyl (C=O) groups excluding carboxylic acids is 1. The summed E-state index contributed by atoms with van der Waals surface area (Å²) in [6.45, 7) is 0.806. The summed E-state index contributed by atoms with van der Waals surface area (Å²) in [5, 5.41) is 6.73. The molecule has 3 aromatic rings. The number of nitrogens with zero attached hydrogens (tertiary/aromatic N) is 4. The standard InChI is InChI=1S/C21H18F4N4O2S/c22-15-3-1-2-4-17(15)29(21(30)28-7-9-32-10-8-28)12-14-6-5-13(11-16(14)23)19-26-27-20(31-19)18(24)25/h1-6,11,18H,7-10,12H2. The molecule has 2 aromatic carbocycles. The van der Waals surface area contributed by atoms with Crippen LogP contribution in [0.25, 0.3) is 11.5 Å². The lowest BCUT2D eigenvalue weighted by atomic mass is 10.1. The van der Waals surface area contributed by atoms with Gasteiger partial charge in [0.25, 0.3) is 5.89 Å². The van der Waals surface area contributed by atoms with E-state index < -0.39 is 30.0 Å². The quantitative estimate of drug-likeness (QED) is 0.488. The minimum atomic E-state index is -2.94. The van der Waals surface area contributed by atoms with Crippen LogP contribution in [0.5, 0.6) is 0 Å². The second-order valence-corrected chi connectivity index (χ2v) is 8.20. The Morgan fingerprint density at radius 2 is 1.84 bits per heavy atom. The van der Waals surface area contributed by atoms with Gasteiger partial charge in [-0.3, -0.25) is 4.90 Å². The number of para-hydroxylation sites is 1. The number of alkyl halides is 2. The van der Waals surface area contributed by atoms with Gasteiger partial charge < -0.3 is 9.32 Å². The average molecular weight is 466 g/mol. The lowest BCUT2D eigenvalue weighted by molar-refractivity contribution is 0.116. The maximum atomic E-state index is 14.9. The number of halogens is 4. The Morgan fingerprint density at radius 1 is 1.09 bits per heavy atom. The molecule has 2 heterocycles. The zero-order chi connectivity index (χ0) is 22.7. The number of aromatic nitrogens is 2. The van der Waals surface area contributed by atoms with E-state index in [0.29, 0.717) is 13.1 Å². The van der Waals surface area contributed by atoms with E-state index in [-0.39, 0.29) is 29.2 Å². The molecule has 0 bridgehead atoms. The van der Waals surface area contributed by atoms with Crippen molar-refractivity contribution < 1.29 is 26.8 Å². The van der Waals surface area contributed by atoms with E-state index in [9.17, 15) is 22.4 Å². The normalized spacial score (nSPS) is 14.1. The fraction of sp³-hybridized carbons (Fsp3) is 0.286. The maximum absolute atomic E-state index is 14.9. The van der Waals surface area contributed by atoms with Gasteiger partial charge >= 0.3 is 12.5 Å². The largest absolute Gasteiger partial charge is 0.415 e. The van der Waals surface area contributed by atoms with Crippen LogP contribution < -0.4 is 4.90 Å². The molecule has 1 fully saturated rings. The van der Waals surface area contributed by atoms with Crippen molar-refractivity contribution in [2.24, 2.45) is 0 Å². The lowest BCUT2D eigenvalue weighted by Gasteiger charge is -2.33. The molecule has 1 saturated heterocycles. The number of urea groups is 1. The first-order valence-corrected chi connectivity index (χ1v) is 10.9. The fourth-order valence-corrected chi connectivity index (χ4v) is 4.17. The van der Waals surface area contributed by atoms with Crippen LogP contribution in [-0.4, -0.2) is 45.7 Å². The molecule has 0 spiro atoms. The van der Waals surface area contributed by atoms with Crippen molar-refractivity contribution in [1.29, 1.82) is 0 Å². The number of rotatable bonds is 5. The summed E-state index contributed by atoms with van der Waals surface area (Å²) < 4.78 is 59.6. The van der Waals surface area contributed by atoms with Crippen molar-refractivity contribution in [2.75, 3.05) is 29.5 Å². The monoisotopic (exact) mass is 466 g/mol. The molecule has 1 aliphatic heterocycles. The lowest BCUT2D eigenvalue weighted by Crippen LogP contribution is -2.47. The van der Waals surface area contributed by atoms with Crippen LogP contribution >= 0.6 is 11.8 Å². The van der Waals surface area contributed by atoms with Crippen molar-refractivity contribution in [3.8, 4) is 11.5 Å². The first-order valence-electron chi connectivity index (χ1n) is 9.73. The van der Waals surface area contributed by atoms with Crippen LogP contribution in [0.4, 0.5) is 28.0 Å². The second-order valence-electron chi connectivity index (χ2n) is 6.97. The van der Waals surface area contributed by atoms with Crippen molar-refractivity contribution >= 4 is 23.5 Å². The minimum absolute atomic E-state index is 0.0395. The molecular weight excluding hydrogens is 448 g/mol. The SMILES string of the molecule is O=C(N1CCSCC1)N(Cc1ccc(-c2nnc(C(F)F)o2)cc1F)c1ccccc1F. The number of carbonyl (C=O) groups is 1. The Kier molecular flexibility index (Phi) is 6.63. The molecule has 1 aliphatic rings. The van der Waals surface area contributed by atoms with Gasteiger partial charge in [0, 0.05) is 35.7 Å². The summed E-state index contributed by atoms with van der Waals surface area (Å²) in [4.78, 5) is 16.0. The number of hydrogen-bond acceptors (Lipinski definition) is 5. The number of amides is 2. The third-order valence-electron chi connectivity index (χ3n) is 4.91.